The number of benzene rings is 2. The third-order valence-corrected chi connectivity index (χ3v) is 7.03. The summed E-state index contributed by atoms with van der Waals surface area (Å²) >= 11 is 0. The van der Waals surface area contributed by atoms with Gasteiger partial charge in [0, 0.05) is 41.6 Å². The van der Waals surface area contributed by atoms with E-state index >= 15 is 0 Å². The first-order chi connectivity index (χ1) is 18.4. The van der Waals surface area contributed by atoms with Crippen molar-refractivity contribution >= 4 is 31.0 Å². The third-order valence-electron chi connectivity index (χ3n) is 5.87. The number of aliphatic hydroxyl groups excluding tert-OH is 1. The van der Waals surface area contributed by atoms with Gasteiger partial charge in [-0.05, 0) is 56.7 Å². The summed E-state index contributed by atoms with van der Waals surface area (Å²) in [7, 11) is 0.945. The van der Waals surface area contributed by atoms with E-state index in [4.69, 9.17) is 15.6 Å². The first-order valence-corrected chi connectivity index (χ1v) is 13.9. The van der Waals surface area contributed by atoms with Crippen LogP contribution in [0.15, 0.2) is 54.6 Å². The molecule has 210 valence electrons. The molecule has 2 heterocycles. The van der Waals surface area contributed by atoms with Gasteiger partial charge in [0.25, 0.3) is 0 Å². The van der Waals surface area contributed by atoms with Crippen LogP contribution >= 0.6 is 7.92 Å². The minimum atomic E-state index is -1.25. The molecule has 2 atom stereocenters. The molecule has 0 saturated carbocycles. The number of aromatic nitrogens is 1. The number of primary amides is 1. The maximum atomic E-state index is 14.5. The van der Waals surface area contributed by atoms with Gasteiger partial charge in [-0.2, -0.15) is 0 Å². The Morgan fingerprint density at radius 1 is 1.13 bits per heavy atom. The zero-order chi connectivity index (χ0) is 29.3. The van der Waals surface area contributed by atoms with Gasteiger partial charge in [0.15, 0.2) is 6.86 Å². The first-order valence-electron chi connectivity index (χ1n) is 11.7. The van der Waals surface area contributed by atoms with Gasteiger partial charge in [-0.15, -0.1) is 0 Å². The fraction of sp³-hybridized carbons (Fsp3) is 0.296. The number of hydrogen-bond acceptors (Lipinski definition) is 5. The van der Waals surface area contributed by atoms with Crippen LogP contribution < -0.4 is 20.8 Å². The van der Waals surface area contributed by atoms with Crippen LogP contribution in [0.1, 0.15) is 35.2 Å². The van der Waals surface area contributed by atoms with Crippen molar-refractivity contribution in [3.63, 3.8) is 0 Å². The third kappa shape index (κ3) is 8.21. The molecular formula is C27H30F4N3O4P. The molecule has 1 saturated heterocycles. The lowest BCUT2D eigenvalue weighted by molar-refractivity contribution is -0.117. The van der Waals surface area contributed by atoms with Crippen LogP contribution in [0.4, 0.5) is 23.4 Å². The number of alkyl halides is 1. The van der Waals surface area contributed by atoms with E-state index in [0.717, 1.165) is 17.6 Å². The molecule has 2 unspecified atom stereocenters. The summed E-state index contributed by atoms with van der Waals surface area (Å²) < 4.78 is 55.9. The minimum absolute atomic E-state index is 0.0419. The Hall–Kier alpha value is -3.56. The van der Waals surface area contributed by atoms with Gasteiger partial charge in [0.1, 0.15) is 29.0 Å². The number of halogens is 4. The van der Waals surface area contributed by atoms with E-state index in [9.17, 15) is 27.2 Å². The lowest BCUT2D eigenvalue weighted by Gasteiger charge is -2.25. The fourth-order valence-electron chi connectivity index (χ4n) is 3.99. The van der Waals surface area contributed by atoms with E-state index in [2.05, 4.69) is 18.3 Å². The number of carbonyl (C=O) groups excluding carboxylic acids is 2. The highest BCUT2D eigenvalue weighted by atomic mass is 31.1. The molecule has 1 aromatic heterocycles. The Bertz CT molecular complexity index is 1260. The lowest BCUT2D eigenvalue weighted by Crippen LogP contribution is -2.34. The normalized spacial score (nSPS) is 16.3. The number of nitrogens with two attached hydrogens (primary N) is 1. The van der Waals surface area contributed by atoms with Gasteiger partial charge < -0.3 is 15.6 Å². The van der Waals surface area contributed by atoms with Crippen molar-refractivity contribution in [2.75, 3.05) is 32.2 Å². The molecule has 1 fully saturated rings. The number of aliphatic hydroxyl groups is 1. The zero-order valence-electron chi connectivity index (χ0n) is 21.9. The Kier molecular flexibility index (Phi) is 11.8. The summed E-state index contributed by atoms with van der Waals surface area (Å²) in [5.74, 6) is -2.41. The molecule has 2 aromatic carbocycles. The van der Waals surface area contributed by atoms with E-state index in [0.29, 0.717) is 11.4 Å². The van der Waals surface area contributed by atoms with Gasteiger partial charge in [-0.25, -0.2) is 22.5 Å². The highest BCUT2D eigenvalue weighted by Crippen LogP contribution is 2.40. The minimum Gasteiger partial charge on any atom is -0.497 e. The number of amides is 2. The SMILES string of the molecule is COc1cc(F)c(C2CC(=O)N(c3cccc(P(C)C)n3)C2C)c(F)c1.NC(=O)c1ccc(F)cc1.OCF. The van der Waals surface area contributed by atoms with Gasteiger partial charge >= 0.3 is 0 Å². The van der Waals surface area contributed by atoms with Gasteiger partial charge in [0.2, 0.25) is 11.8 Å². The fourth-order valence-corrected chi connectivity index (χ4v) is 4.67. The maximum Gasteiger partial charge on any atom is 0.248 e. The van der Waals surface area contributed by atoms with Crippen molar-refractivity contribution in [2.24, 2.45) is 5.73 Å². The van der Waals surface area contributed by atoms with Crippen molar-refractivity contribution in [1.29, 1.82) is 0 Å². The van der Waals surface area contributed by atoms with E-state index in [1.54, 1.807) is 17.9 Å². The molecule has 3 aromatic rings. The average molecular weight is 568 g/mol. The summed E-state index contributed by atoms with van der Waals surface area (Å²) in [5, 5.41) is 6.90. The summed E-state index contributed by atoms with van der Waals surface area (Å²) in [6.45, 7) is 4.72. The van der Waals surface area contributed by atoms with Crippen molar-refractivity contribution in [3.8, 4) is 5.75 Å². The molecule has 2 amide bonds. The smallest absolute Gasteiger partial charge is 0.248 e. The molecule has 1 aliphatic rings. The average Bonchev–Trinajstić information content (AvgIpc) is 3.17. The van der Waals surface area contributed by atoms with Gasteiger partial charge in [-0.1, -0.05) is 14.0 Å². The van der Waals surface area contributed by atoms with E-state index in [1.165, 1.54) is 31.4 Å². The second-order valence-corrected chi connectivity index (χ2v) is 10.8. The van der Waals surface area contributed by atoms with Crippen molar-refractivity contribution in [1.82, 2.24) is 4.98 Å². The number of ether oxygens (including phenoxy) is 1. The molecule has 0 spiro atoms. The van der Waals surface area contributed by atoms with Crippen molar-refractivity contribution < 1.29 is 37.0 Å². The maximum absolute atomic E-state index is 14.5. The van der Waals surface area contributed by atoms with Gasteiger partial charge in [0.05, 0.1) is 12.5 Å². The van der Waals surface area contributed by atoms with Crippen LogP contribution in [0.2, 0.25) is 0 Å². The molecule has 0 bridgehead atoms. The number of pyridine rings is 1. The number of hydrogen-bond donors (Lipinski definition) is 2. The quantitative estimate of drug-likeness (QED) is 0.350. The number of carbonyl (C=O) groups is 2. The predicted molar refractivity (Wildman–Crippen MR) is 143 cm³/mol. The number of nitrogens with zero attached hydrogens (tertiary/aromatic N) is 2. The molecule has 12 heteroatoms. The van der Waals surface area contributed by atoms with Crippen LogP contribution in [-0.4, -0.2) is 55.2 Å². The van der Waals surface area contributed by atoms with E-state index in [1.807, 2.05) is 12.1 Å². The second-order valence-electron chi connectivity index (χ2n) is 8.56. The van der Waals surface area contributed by atoms with E-state index in [-0.39, 0.29) is 29.5 Å². The number of methoxy groups -OCH3 is 1. The molecule has 3 N–H and O–H groups in total. The lowest BCUT2D eigenvalue weighted by atomic mass is 9.91. The van der Waals surface area contributed by atoms with Gasteiger partial charge in [-0.3, -0.25) is 14.5 Å². The van der Waals surface area contributed by atoms with Crippen molar-refractivity contribution in [3.05, 3.63) is 83.2 Å². The molecule has 0 radical (unpaired) electrons. The van der Waals surface area contributed by atoms with Crippen LogP contribution in [0.5, 0.6) is 5.75 Å². The van der Waals surface area contributed by atoms with Crippen LogP contribution in [0.25, 0.3) is 0 Å². The van der Waals surface area contributed by atoms with Crippen LogP contribution in [-0.2, 0) is 4.79 Å². The van der Waals surface area contributed by atoms with Crippen LogP contribution in [0, 0.1) is 17.5 Å². The van der Waals surface area contributed by atoms with E-state index < -0.39 is 44.3 Å². The van der Waals surface area contributed by atoms with Crippen LogP contribution in [0.3, 0.4) is 0 Å². The summed E-state index contributed by atoms with van der Waals surface area (Å²) in [6.07, 6.45) is 0.0419. The zero-order valence-corrected chi connectivity index (χ0v) is 22.8. The summed E-state index contributed by atoms with van der Waals surface area (Å²) in [4.78, 5) is 29.2. The van der Waals surface area contributed by atoms with Crippen molar-refractivity contribution in [2.45, 2.75) is 25.3 Å². The Balaban J connectivity index is 0.000000341. The standard InChI is InChI=1S/C19H21F2N2O2P.C7H6FNO.CH3FO/c1-11-13(19-14(20)8-12(25-2)9-15(19)21)10-18(24)23(11)16-6-5-7-17(22-16)26(3)4;8-6-3-1-5(2-4-6)7(9)10;2-1-3/h5-9,11,13H,10H2,1-4H3;1-4H,(H2,9,10);3H,1H2. The Morgan fingerprint density at radius 2 is 1.69 bits per heavy atom. The molecule has 4 rings (SSSR count). The monoisotopic (exact) mass is 567 g/mol. The Morgan fingerprint density at radius 3 is 2.18 bits per heavy atom. The molecule has 39 heavy (non-hydrogen) atoms. The molecule has 0 aliphatic carbocycles. The highest BCUT2D eigenvalue weighted by molar-refractivity contribution is 7.63. The molecule has 1 aliphatic heterocycles. The summed E-state index contributed by atoms with van der Waals surface area (Å²) in [5.41, 5.74) is 6.09. The number of anilines is 1. The topological polar surface area (TPSA) is 106 Å². The first kappa shape index (κ1) is 31.7. The second kappa shape index (κ2) is 14.6. The molecular weight excluding hydrogens is 537 g/mol. The predicted octanol–water partition coefficient (Wildman–Crippen LogP) is 4.47. The Labute approximate surface area is 225 Å². The highest BCUT2D eigenvalue weighted by Gasteiger charge is 2.41. The largest absolute Gasteiger partial charge is 0.497 e. The molecule has 7 nitrogen and oxygen atoms in total. The summed E-state index contributed by atoms with van der Waals surface area (Å²) in [6, 6.07) is 12.5. The number of rotatable bonds is 5.